The normalized spacial score (nSPS) is 11.5. The number of rotatable bonds is 6. The van der Waals surface area contributed by atoms with Crippen LogP contribution in [0.4, 0.5) is 0 Å². The van der Waals surface area contributed by atoms with E-state index in [1.165, 1.54) is 0 Å². The molecule has 0 unspecified atom stereocenters. The van der Waals surface area contributed by atoms with Gasteiger partial charge in [0.2, 0.25) is 0 Å². The fourth-order valence-electron chi connectivity index (χ4n) is 1.25. The Morgan fingerprint density at radius 3 is 2.38 bits per heavy atom. The zero-order valence-electron chi connectivity index (χ0n) is 9.26. The smallest absolute Gasteiger partial charge is 0.111 e. The lowest BCUT2D eigenvalue weighted by atomic mass is 9.94. The summed E-state index contributed by atoms with van der Waals surface area (Å²) < 4.78 is 5.42. The van der Waals surface area contributed by atoms with Crippen LogP contribution in [-0.2, 0) is 4.74 Å². The molecular formula is C11H21NO. The molecule has 0 aromatic rings. The molecule has 0 aliphatic heterocycles. The average Bonchev–Trinajstić information content (AvgIpc) is 1.98. The quantitative estimate of drug-likeness (QED) is 0.463. The van der Waals surface area contributed by atoms with Gasteiger partial charge in [0.15, 0.2) is 0 Å². The molecule has 0 N–H and O–H groups in total. The van der Waals surface area contributed by atoms with E-state index in [1.54, 1.807) is 6.08 Å². The van der Waals surface area contributed by atoms with Crippen molar-refractivity contribution in [3.8, 4) is 0 Å². The van der Waals surface area contributed by atoms with E-state index >= 15 is 0 Å². The van der Waals surface area contributed by atoms with Gasteiger partial charge in [-0.25, -0.2) is 0 Å². The van der Waals surface area contributed by atoms with Crippen LogP contribution in [0.3, 0.4) is 0 Å². The molecule has 0 aliphatic carbocycles. The van der Waals surface area contributed by atoms with Crippen molar-refractivity contribution in [2.45, 2.75) is 13.8 Å². The van der Waals surface area contributed by atoms with Crippen LogP contribution in [0.2, 0.25) is 0 Å². The highest BCUT2D eigenvalue weighted by molar-refractivity contribution is 5.02. The van der Waals surface area contributed by atoms with Gasteiger partial charge in [0.05, 0.1) is 6.61 Å². The maximum atomic E-state index is 5.42. The molecule has 0 aliphatic rings. The van der Waals surface area contributed by atoms with Crippen LogP contribution in [0.1, 0.15) is 13.8 Å². The summed E-state index contributed by atoms with van der Waals surface area (Å²) in [6, 6.07) is 0. The molecule has 76 valence electrons. The number of hydrogen-bond donors (Lipinski definition) is 0. The lowest BCUT2D eigenvalue weighted by Gasteiger charge is -2.28. The van der Waals surface area contributed by atoms with Crippen molar-refractivity contribution in [3.63, 3.8) is 0 Å². The number of nitrogens with zero attached hydrogens (tertiary/aromatic N) is 1. The second kappa shape index (κ2) is 5.07. The molecule has 0 amide bonds. The van der Waals surface area contributed by atoms with Crippen molar-refractivity contribution in [2.75, 3.05) is 27.2 Å². The summed E-state index contributed by atoms with van der Waals surface area (Å²) in [6.45, 7) is 13.3. The predicted octanol–water partition coefficient (Wildman–Crippen LogP) is 2.29. The van der Waals surface area contributed by atoms with Gasteiger partial charge in [-0.15, -0.1) is 0 Å². The molecule has 2 heteroatoms. The lowest BCUT2D eigenvalue weighted by Crippen LogP contribution is -2.32. The second-order valence-corrected chi connectivity index (χ2v) is 4.36. The molecule has 0 saturated heterocycles. The predicted molar refractivity (Wildman–Crippen MR) is 57.6 cm³/mol. The Morgan fingerprint density at radius 2 is 2.00 bits per heavy atom. The van der Waals surface area contributed by atoms with E-state index in [1.807, 2.05) is 0 Å². The summed E-state index contributed by atoms with van der Waals surface area (Å²) in [5.74, 6) is 0.645. The topological polar surface area (TPSA) is 12.5 Å². The first-order chi connectivity index (χ1) is 5.87. The lowest BCUT2D eigenvalue weighted by molar-refractivity contribution is 0.0985. The number of hydrogen-bond acceptors (Lipinski definition) is 2. The van der Waals surface area contributed by atoms with Gasteiger partial charge in [0.1, 0.15) is 5.76 Å². The highest BCUT2D eigenvalue weighted by atomic mass is 16.5. The van der Waals surface area contributed by atoms with Gasteiger partial charge in [0, 0.05) is 12.0 Å². The van der Waals surface area contributed by atoms with E-state index in [9.17, 15) is 0 Å². The van der Waals surface area contributed by atoms with Crippen molar-refractivity contribution in [1.82, 2.24) is 4.90 Å². The monoisotopic (exact) mass is 183 g/mol. The van der Waals surface area contributed by atoms with Gasteiger partial charge in [-0.2, -0.15) is 0 Å². The fraction of sp³-hybridized carbons (Fsp3) is 0.636. The minimum atomic E-state index is 0.148. The number of allylic oxidation sites excluding steroid dienone is 1. The minimum absolute atomic E-state index is 0.148. The van der Waals surface area contributed by atoms with Crippen LogP contribution in [0.15, 0.2) is 25.0 Å². The van der Waals surface area contributed by atoms with E-state index in [4.69, 9.17) is 4.74 Å². The van der Waals surface area contributed by atoms with Crippen molar-refractivity contribution in [2.24, 2.45) is 5.41 Å². The van der Waals surface area contributed by atoms with E-state index in [2.05, 4.69) is 46.0 Å². The van der Waals surface area contributed by atoms with E-state index in [0.717, 1.165) is 6.54 Å². The maximum Gasteiger partial charge on any atom is 0.111 e. The third-order valence-corrected chi connectivity index (χ3v) is 1.62. The SMILES string of the molecule is C=CC(=C)OCC(C)(C)CN(C)C. The Morgan fingerprint density at radius 1 is 1.46 bits per heavy atom. The van der Waals surface area contributed by atoms with Gasteiger partial charge in [-0.1, -0.05) is 27.0 Å². The summed E-state index contributed by atoms with van der Waals surface area (Å²) >= 11 is 0. The van der Waals surface area contributed by atoms with Crippen molar-refractivity contribution in [1.29, 1.82) is 0 Å². The number of ether oxygens (including phenoxy) is 1. The van der Waals surface area contributed by atoms with E-state index < -0.39 is 0 Å². The maximum absolute atomic E-state index is 5.42. The fourth-order valence-corrected chi connectivity index (χ4v) is 1.25. The molecule has 0 aromatic carbocycles. The molecule has 0 bridgehead atoms. The Bertz CT molecular complexity index is 183. The summed E-state index contributed by atoms with van der Waals surface area (Å²) in [5.41, 5.74) is 0.148. The van der Waals surface area contributed by atoms with Crippen LogP contribution in [0, 0.1) is 5.41 Å². The standard InChI is InChI=1S/C11H21NO/c1-7-10(2)13-9-11(3,4)8-12(5)6/h7H,1-2,8-9H2,3-6H3. The largest absolute Gasteiger partial charge is 0.494 e. The molecule has 0 rings (SSSR count). The Hall–Kier alpha value is -0.760. The first kappa shape index (κ1) is 12.2. The Balaban J connectivity index is 3.88. The van der Waals surface area contributed by atoms with Gasteiger partial charge >= 0.3 is 0 Å². The first-order valence-corrected chi connectivity index (χ1v) is 4.46. The van der Waals surface area contributed by atoms with Crippen molar-refractivity contribution >= 4 is 0 Å². The molecule has 0 heterocycles. The molecule has 13 heavy (non-hydrogen) atoms. The molecule has 0 atom stereocenters. The zero-order valence-corrected chi connectivity index (χ0v) is 9.26. The van der Waals surface area contributed by atoms with Crippen LogP contribution in [-0.4, -0.2) is 32.1 Å². The van der Waals surface area contributed by atoms with Gasteiger partial charge in [0.25, 0.3) is 0 Å². The molecule has 0 spiro atoms. The average molecular weight is 183 g/mol. The zero-order chi connectivity index (χ0) is 10.5. The molecule has 2 nitrogen and oxygen atoms in total. The summed E-state index contributed by atoms with van der Waals surface area (Å²) in [6.07, 6.45) is 1.63. The van der Waals surface area contributed by atoms with E-state index in [-0.39, 0.29) is 5.41 Å². The molecule has 0 saturated carbocycles. The first-order valence-electron chi connectivity index (χ1n) is 4.46. The van der Waals surface area contributed by atoms with Crippen LogP contribution < -0.4 is 0 Å². The third kappa shape index (κ3) is 6.41. The summed E-state index contributed by atoms with van der Waals surface area (Å²) in [7, 11) is 4.12. The Kier molecular flexibility index (Phi) is 4.78. The second-order valence-electron chi connectivity index (χ2n) is 4.36. The van der Waals surface area contributed by atoms with Crippen LogP contribution in [0.5, 0.6) is 0 Å². The highest BCUT2D eigenvalue weighted by Crippen LogP contribution is 2.17. The molecular weight excluding hydrogens is 162 g/mol. The van der Waals surface area contributed by atoms with Crippen molar-refractivity contribution in [3.05, 3.63) is 25.0 Å². The van der Waals surface area contributed by atoms with Crippen molar-refractivity contribution < 1.29 is 4.74 Å². The van der Waals surface area contributed by atoms with Crippen LogP contribution >= 0.6 is 0 Å². The molecule has 0 fully saturated rings. The van der Waals surface area contributed by atoms with E-state index in [0.29, 0.717) is 12.4 Å². The van der Waals surface area contributed by atoms with Gasteiger partial charge in [-0.3, -0.25) is 0 Å². The molecule has 0 aromatic heterocycles. The third-order valence-electron chi connectivity index (χ3n) is 1.62. The van der Waals surface area contributed by atoms with Crippen LogP contribution in [0.25, 0.3) is 0 Å². The summed E-state index contributed by atoms with van der Waals surface area (Å²) in [5, 5.41) is 0. The summed E-state index contributed by atoms with van der Waals surface area (Å²) in [4.78, 5) is 2.15. The van der Waals surface area contributed by atoms with Gasteiger partial charge in [-0.05, 0) is 20.2 Å². The van der Waals surface area contributed by atoms with Gasteiger partial charge < -0.3 is 9.64 Å². The molecule has 0 radical (unpaired) electrons. The Labute approximate surface area is 81.9 Å². The highest BCUT2D eigenvalue weighted by Gasteiger charge is 2.19. The minimum Gasteiger partial charge on any atom is -0.494 e.